The first-order chi connectivity index (χ1) is 6.11. The third kappa shape index (κ3) is 1.03. The molecule has 0 aliphatic carbocycles. The second-order valence-electron chi connectivity index (χ2n) is 3.34. The van der Waals surface area contributed by atoms with E-state index in [4.69, 9.17) is 4.42 Å². The van der Waals surface area contributed by atoms with Gasteiger partial charge in [0, 0.05) is 10.8 Å². The number of furan rings is 1. The van der Waals surface area contributed by atoms with Crippen molar-refractivity contribution in [1.82, 2.24) is 10.2 Å². The first-order valence-corrected chi connectivity index (χ1v) is 4.31. The van der Waals surface area contributed by atoms with Gasteiger partial charge in [-0.1, -0.05) is 0 Å². The van der Waals surface area contributed by atoms with Gasteiger partial charge in [-0.15, -0.1) is 0 Å². The Kier molecular flexibility index (Phi) is 1.62. The van der Waals surface area contributed by atoms with Crippen molar-refractivity contribution >= 4 is 10.8 Å². The molecule has 3 heteroatoms. The first-order valence-electron chi connectivity index (χ1n) is 4.31. The van der Waals surface area contributed by atoms with E-state index in [9.17, 15) is 0 Å². The molecule has 68 valence electrons. The van der Waals surface area contributed by atoms with Crippen LogP contribution < -0.4 is 0 Å². The molecule has 0 saturated heterocycles. The molecule has 0 spiro atoms. The van der Waals surface area contributed by atoms with Crippen LogP contribution in [0.2, 0.25) is 0 Å². The highest BCUT2D eigenvalue weighted by molar-refractivity contribution is 5.89. The van der Waals surface area contributed by atoms with E-state index in [-0.39, 0.29) is 0 Å². The minimum Gasteiger partial charge on any atom is -0.465 e. The maximum atomic E-state index is 5.55. The maximum absolute atomic E-state index is 5.55. The van der Waals surface area contributed by atoms with Crippen molar-refractivity contribution in [3.63, 3.8) is 0 Å². The lowest BCUT2D eigenvalue weighted by molar-refractivity contribution is 0.510. The summed E-state index contributed by atoms with van der Waals surface area (Å²) in [5.74, 6) is 1.87. The van der Waals surface area contributed by atoms with Crippen molar-refractivity contribution in [2.24, 2.45) is 0 Å². The molecule has 2 aromatic rings. The van der Waals surface area contributed by atoms with E-state index < -0.39 is 0 Å². The number of rotatable bonds is 0. The van der Waals surface area contributed by atoms with E-state index in [1.807, 2.05) is 27.7 Å². The van der Waals surface area contributed by atoms with Crippen LogP contribution in [0.4, 0.5) is 0 Å². The number of hydrogen-bond acceptors (Lipinski definition) is 3. The van der Waals surface area contributed by atoms with Gasteiger partial charge in [0.1, 0.15) is 11.5 Å². The maximum Gasteiger partial charge on any atom is 0.110 e. The fourth-order valence-electron chi connectivity index (χ4n) is 1.81. The predicted octanol–water partition coefficient (Wildman–Crippen LogP) is 2.46. The van der Waals surface area contributed by atoms with Crippen LogP contribution in [0.25, 0.3) is 10.8 Å². The van der Waals surface area contributed by atoms with Crippen molar-refractivity contribution < 1.29 is 4.42 Å². The number of aryl methyl sites for hydroxylation is 4. The van der Waals surface area contributed by atoms with E-state index >= 15 is 0 Å². The summed E-state index contributed by atoms with van der Waals surface area (Å²) < 4.78 is 5.55. The molecule has 2 heterocycles. The SMILES string of the molecule is Cc1nnc(C)c2c(C)oc(C)c12. The van der Waals surface area contributed by atoms with Crippen molar-refractivity contribution in [3.05, 3.63) is 22.9 Å². The van der Waals surface area contributed by atoms with Crippen LogP contribution in [0.15, 0.2) is 4.42 Å². The summed E-state index contributed by atoms with van der Waals surface area (Å²) in [7, 11) is 0. The van der Waals surface area contributed by atoms with Gasteiger partial charge in [0.2, 0.25) is 0 Å². The molecule has 13 heavy (non-hydrogen) atoms. The lowest BCUT2D eigenvalue weighted by atomic mass is 10.1. The predicted molar refractivity (Wildman–Crippen MR) is 50.8 cm³/mol. The smallest absolute Gasteiger partial charge is 0.110 e. The number of aromatic nitrogens is 2. The second kappa shape index (κ2) is 2.55. The van der Waals surface area contributed by atoms with Gasteiger partial charge in [-0.2, -0.15) is 10.2 Å². The van der Waals surface area contributed by atoms with Gasteiger partial charge in [-0.3, -0.25) is 0 Å². The summed E-state index contributed by atoms with van der Waals surface area (Å²) in [4.78, 5) is 0. The van der Waals surface area contributed by atoms with E-state index in [0.29, 0.717) is 0 Å². The van der Waals surface area contributed by atoms with Crippen LogP contribution in [0, 0.1) is 27.7 Å². The average Bonchev–Trinajstić information content (AvgIpc) is 2.36. The minimum absolute atomic E-state index is 0.933. The second-order valence-corrected chi connectivity index (χ2v) is 3.34. The van der Waals surface area contributed by atoms with Crippen molar-refractivity contribution in [2.45, 2.75) is 27.7 Å². The molecule has 2 rings (SSSR count). The zero-order valence-electron chi connectivity index (χ0n) is 8.30. The fourth-order valence-corrected chi connectivity index (χ4v) is 1.81. The average molecular weight is 176 g/mol. The summed E-state index contributed by atoms with van der Waals surface area (Å²) in [5.41, 5.74) is 1.88. The highest BCUT2D eigenvalue weighted by atomic mass is 16.3. The van der Waals surface area contributed by atoms with E-state index in [1.165, 1.54) is 0 Å². The topological polar surface area (TPSA) is 38.9 Å². The van der Waals surface area contributed by atoms with E-state index in [1.54, 1.807) is 0 Å². The normalized spacial score (nSPS) is 11.1. The molecule has 0 atom stereocenters. The Morgan fingerprint density at radius 1 is 0.769 bits per heavy atom. The van der Waals surface area contributed by atoms with Crippen LogP contribution in [0.3, 0.4) is 0 Å². The first kappa shape index (κ1) is 8.23. The number of hydrogen-bond donors (Lipinski definition) is 0. The molecule has 0 bridgehead atoms. The monoisotopic (exact) mass is 176 g/mol. The highest BCUT2D eigenvalue weighted by Gasteiger charge is 2.12. The molecular weight excluding hydrogens is 164 g/mol. The van der Waals surface area contributed by atoms with E-state index in [2.05, 4.69) is 10.2 Å². The van der Waals surface area contributed by atoms with Crippen molar-refractivity contribution in [3.8, 4) is 0 Å². The number of nitrogens with zero attached hydrogens (tertiary/aromatic N) is 2. The van der Waals surface area contributed by atoms with Crippen LogP contribution in [-0.2, 0) is 0 Å². The van der Waals surface area contributed by atoms with Crippen molar-refractivity contribution in [2.75, 3.05) is 0 Å². The standard InChI is InChI=1S/C10H12N2O/c1-5-9-7(3)13-8(4)10(9)6(2)12-11-5/h1-4H3. The molecule has 3 nitrogen and oxygen atoms in total. The van der Waals surface area contributed by atoms with Gasteiger partial charge in [0.15, 0.2) is 0 Å². The Morgan fingerprint density at radius 3 is 1.54 bits per heavy atom. The third-order valence-electron chi connectivity index (χ3n) is 2.33. The molecule has 0 N–H and O–H groups in total. The Morgan fingerprint density at radius 2 is 1.15 bits per heavy atom. The van der Waals surface area contributed by atoms with Crippen LogP contribution in [-0.4, -0.2) is 10.2 Å². The van der Waals surface area contributed by atoms with Crippen LogP contribution >= 0.6 is 0 Å². The molecular formula is C10H12N2O. The minimum atomic E-state index is 0.933. The third-order valence-corrected chi connectivity index (χ3v) is 2.33. The summed E-state index contributed by atoms with van der Waals surface area (Å²) in [6.45, 7) is 7.83. The van der Waals surface area contributed by atoms with Crippen LogP contribution in [0.5, 0.6) is 0 Å². The van der Waals surface area contributed by atoms with Crippen molar-refractivity contribution in [1.29, 1.82) is 0 Å². The molecule has 0 saturated carbocycles. The summed E-state index contributed by atoms with van der Waals surface area (Å²) >= 11 is 0. The van der Waals surface area contributed by atoms with Gasteiger partial charge in [-0.05, 0) is 27.7 Å². The largest absolute Gasteiger partial charge is 0.465 e. The summed E-state index contributed by atoms with van der Waals surface area (Å²) in [6, 6.07) is 0. The van der Waals surface area contributed by atoms with Gasteiger partial charge < -0.3 is 4.42 Å². The molecule has 0 radical (unpaired) electrons. The Hall–Kier alpha value is -1.38. The Balaban J connectivity index is 3.03. The van der Waals surface area contributed by atoms with E-state index in [0.717, 1.165) is 33.7 Å². The van der Waals surface area contributed by atoms with Crippen LogP contribution in [0.1, 0.15) is 22.9 Å². The van der Waals surface area contributed by atoms with Gasteiger partial charge in [0.25, 0.3) is 0 Å². The molecule has 0 fully saturated rings. The highest BCUT2D eigenvalue weighted by Crippen LogP contribution is 2.27. The molecule has 0 aliphatic heterocycles. The molecule has 0 aliphatic rings. The quantitative estimate of drug-likeness (QED) is 0.619. The Bertz CT molecular complexity index is 429. The zero-order chi connectivity index (χ0) is 9.59. The summed E-state index contributed by atoms with van der Waals surface area (Å²) in [5, 5.41) is 10.4. The molecule has 0 amide bonds. The summed E-state index contributed by atoms with van der Waals surface area (Å²) in [6.07, 6.45) is 0. The molecule has 0 unspecified atom stereocenters. The fraction of sp³-hybridized carbons (Fsp3) is 0.400. The van der Waals surface area contributed by atoms with Gasteiger partial charge in [0.05, 0.1) is 11.4 Å². The number of fused-ring (bicyclic) bond motifs is 1. The molecule has 2 aromatic heterocycles. The van der Waals surface area contributed by atoms with Gasteiger partial charge >= 0.3 is 0 Å². The zero-order valence-corrected chi connectivity index (χ0v) is 8.30. The lowest BCUT2D eigenvalue weighted by Gasteiger charge is -1.97. The molecule has 0 aromatic carbocycles. The lowest BCUT2D eigenvalue weighted by Crippen LogP contribution is -1.91. The Labute approximate surface area is 76.8 Å². The van der Waals surface area contributed by atoms with Gasteiger partial charge in [-0.25, -0.2) is 0 Å².